The lowest BCUT2D eigenvalue weighted by Crippen LogP contribution is -2.26. The van der Waals surface area contributed by atoms with Crippen molar-refractivity contribution in [2.45, 2.75) is 18.8 Å². The van der Waals surface area contributed by atoms with Crippen LogP contribution in [-0.4, -0.2) is 31.0 Å². The highest BCUT2D eigenvalue weighted by atomic mass is 16.5. The van der Waals surface area contributed by atoms with E-state index in [-0.39, 0.29) is 36.5 Å². The highest BCUT2D eigenvalue weighted by Gasteiger charge is 2.27. The molecular weight excluding hydrogens is 322 g/mol. The molecular formula is C18H19N3O4. The van der Waals surface area contributed by atoms with Crippen molar-refractivity contribution in [3.05, 3.63) is 42.1 Å². The Morgan fingerprint density at radius 2 is 2.08 bits per heavy atom. The van der Waals surface area contributed by atoms with E-state index in [2.05, 4.69) is 15.6 Å². The second-order valence-corrected chi connectivity index (χ2v) is 5.69. The van der Waals surface area contributed by atoms with Gasteiger partial charge < -0.3 is 20.1 Å². The molecule has 0 aliphatic carbocycles. The number of nitrogens with one attached hydrogen (secondary N) is 2. The molecule has 0 bridgehead atoms. The van der Waals surface area contributed by atoms with Gasteiger partial charge in [0.2, 0.25) is 17.7 Å². The van der Waals surface area contributed by atoms with Gasteiger partial charge in [0.25, 0.3) is 0 Å². The van der Waals surface area contributed by atoms with Crippen molar-refractivity contribution < 1.29 is 19.1 Å². The van der Waals surface area contributed by atoms with Crippen molar-refractivity contribution in [1.29, 1.82) is 0 Å². The van der Waals surface area contributed by atoms with Gasteiger partial charge >= 0.3 is 0 Å². The van der Waals surface area contributed by atoms with E-state index in [9.17, 15) is 9.59 Å². The molecule has 2 heterocycles. The van der Waals surface area contributed by atoms with Crippen LogP contribution in [0.4, 0.5) is 11.4 Å². The number of fused-ring (bicyclic) bond motifs is 1. The number of ether oxygens (including phenoxy) is 2. The van der Waals surface area contributed by atoms with Crippen LogP contribution in [0.5, 0.6) is 11.6 Å². The van der Waals surface area contributed by atoms with Crippen LogP contribution in [0.15, 0.2) is 36.5 Å². The first-order chi connectivity index (χ1) is 12.1. The van der Waals surface area contributed by atoms with Crippen molar-refractivity contribution in [2.75, 3.05) is 24.9 Å². The topological polar surface area (TPSA) is 89.6 Å². The van der Waals surface area contributed by atoms with Crippen molar-refractivity contribution in [1.82, 2.24) is 4.98 Å². The molecule has 1 aliphatic heterocycles. The molecule has 1 atom stereocenters. The van der Waals surface area contributed by atoms with Crippen LogP contribution in [0, 0.1) is 0 Å². The maximum absolute atomic E-state index is 12.6. The Bertz CT molecular complexity index is 784. The van der Waals surface area contributed by atoms with Crippen LogP contribution >= 0.6 is 0 Å². The quantitative estimate of drug-likeness (QED) is 0.872. The van der Waals surface area contributed by atoms with E-state index in [4.69, 9.17) is 9.47 Å². The first-order valence-corrected chi connectivity index (χ1v) is 7.88. The molecule has 1 aliphatic rings. The molecule has 1 aromatic heterocycles. The average Bonchev–Trinajstić information content (AvgIpc) is 2.61. The van der Waals surface area contributed by atoms with Gasteiger partial charge in [0.1, 0.15) is 11.4 Å². The lowest BCUT2D eigenvalue weighted by atomic mass is 9.88. The Labute approximate surface area is 145 Å². The van der Waals surface area contributed by atoms with Gasteiger partial charge in [-0.15, -0.1) is 0 Å². The van der Waals surface area contributed by atoms with Crippen molar-refractivity contribution in [3.63, 3.8) is 0 Å². The molecule has 7 heteroatoms. The Hall–Kier alpha value is -3.09. The fourth-order valence-corrected chi connectivity index (χ4v) is 2.96. The summed E-state index contributed by atoms with van der Waals surface area (Å²) in [6.07, 6.45) is 1.98. The number of carbonyl (C=O) groups excluding carboxylic acids is 2. The third kappa shape index (κ3) is 3.55. The summed E-state index contributed by atoms with van der Waals surface area (Å²) < 4.78 is 10.4. The summed E-state index contributed by atoms with van der Waals surface area (Å²) in [5.74, 6) is 0.224. The zero-order valence-electron chi connectivity index (χ0n) is 14.0. The summed E-state index contributed by atoms with van der Waals surface area (Å²) >= 11 is 0. The summed E-state index contributed by atoms with van der Waals surface area (Å²) in [7, 11) is 2.98. The minimum Gasteiger partial charge on any atom is -0.494 e. The number of benzene rings is 1. The van der Waals surface area contributed by atoms with E-state index in [1.165, 1.54) is 20.4 Å². The number of nitrogens with zero attached hydrogens (tertiary/aromatic N) is 1. The van der Waals surface area contributed by atoms with Gasteiger partial charge in [-0.3, -0.25) is 9.59 Å². The molecule has 130 valence electrons. The third-order valence-electron chi connectivity index (χ3n) is 4.09. The van der Waals surface area contributed by atoms with E-state index in [1.807, 2.05) is 24.3 Å². The predicted octanol–water partition coefficient (Wildman–Crippen LogP) is 2.55. The normalized spacial score (nSPS) is 15.8. The molecule has 2 N–H and O–H groups in total. The molecule has 2 aromatic rings. The molecule has 0 radical (unpaired) electrons. The molecule has 7 nitrogen and oxygen atoms in total. The molecule has 25 heavy (non-hydrogen) atoms. The maximum atomic E-state index is 12.6. The Kier molecular flexibility index (Phi) is 4.83. The highest BCUT2D eigenvalue weighted by Crippen LogP contribution is 2.36. The second-order valence-electron chi connectivity index (χ2n) is 5.69. The fourth-order valence-electron chi connectivity index (χ4n) is 2.96. The second kappa shape index (κ2) is 7.21. The standard InChI is InChI=1S/C18H19N3O4/c1-24-14-7-8-19-18(25-2)17(14)21-16(23)10-11-9-15(22)20-13-6-4-3-5-12(11)13/h3-8,11H,9-10H2,1-2H3,(H,20,22)(H,21,23). The summed E-state index contributed by atoms with van der Waals surface area (Å²) in [4.78, 5) is 28.5. The third-order valence-corrected chi connectivity index (χ3v) is 4.09. The number of amides is 2. The van der Waals surface area contributed by atoms with Crippen LogP contribution in [0.2, 0.25) is 0 Å². The monoisotopic (exact) mass is 341 g/mol. The average molecular weight is 341 g/mol. The first-order valence-electron chi connectivity index (χ1n) is 7.88. The van der Waals surface area contributed by atoms with Gasteiger partial charge in [-0.1, -0.05) is 18.2 Å². The van der Waals surface area contributed by atoms with Crippen LogP contribution in [-0.2, 0) is 9.59 Å². The van der Waals surface area contributed by atoms with Crippen molar-refractivity contribution >= 4 is 23.2 Å². The summed E-state index contributed by atoms with van der Waals surface area (Å²) in [6, 6.07) is 9.16. The number of hydrogen-bond acceptors (Lipinski definition) is 5. The van der Waals surface area contributed by atoms with Crippen LogP contribution < -0.4 is 20.1 Å². The number of aromatic nitrogens is 1. The lowest BCUT2D eigenvalue weighted by molar-refractivity contribution is -0.118. The van der Waals surface area contributed by atoms with E-state index < -0.39 is 0 Å². The minimum absolute atomic E-state index is 0.0898. The van der Waals surface area contributed by atoms with Gasteiger partial charge in [-0.05, 0) is 11.6 Å². The van der Waals surface area contributed by atoms with E-state index in [1.54, 1.807) is 6.07 Å². The number of methoxy groups -OCH3 is 2. The van der Waals surface area contributed by atoms with Gasteiger partial charge in [0, 0.05) is 36.7 Å². The zero-order chi connectivity index (χ0) is 17.8. The fraction of sp³-hybridized carbons (Fsp3) is 0.278. The van der Waals surface area contributed by atoms with Crippen molar-refractivity contribution in [2.24, 2.45) is 0 Å². The number of para-hydroxylation sites is 1. The molecule has 1 unspecified atom stereocenters. The molecule has 0 saturated carbocycles. The number of pyridine rings is 1. The number of hydrogen-bond donors (Lipinski definition) is 2. The highest BCUT2D eigenvalue weighted by molar-refractivity contribution is 5.98. The lowest BCUT2D eigenvalue weighted by Gasteiger charge is -2.25. The van der Waals surface area contributed by atoms with Crippen molar-refractivity contribution in [3.8, 4) is 11.6 Å². The number of anilines is 2. The number of rotatable bonds is 5. The number of carbonyl (C=O) groups is 2. The summed E-state index contributed by atoms with van der Waals surface area (Å²) in [5.41, 5.74) is 2.10. The van der Waals surface area contributed by atoms with E-state index in [0.29, 0.717) is 11.4 Å². The zero-order valence-corrected chi connectivity index (χ0v) is 14.0. The Morgan fingerprint density at radius 1 is 1.28 bits per heavy atom. The summed E-state index contributed by atoms with van der Waals surface area (Å²) in [6.45, 7) is 0. The molecule has 0 fully saturated rings. The van der Waals surface area contributed by atoms with Gasteiger partial charge in [0.15, 0.2) is 0 Å². The molecule has 0 spiro atoms. The van der Waals surface area contributed by atoms with Gasteiger partial charge in [-0.25, -0.2) is 4.98 Å². The largest absolute Gasteiger partial charge is 0.494 e. The molecule has 0 saturated heterocycles. The van der Waals surface area contributed by atoms with E-state index >= 15 is 0 Å². The molecule has 2 amide bonds. The Balaban J connectivity index is 1.79. The minimum atomic E-state index is -0.237. The summed E-state index contributed by atoms with van der Waals surface area (Å²) in [5, 5.41) is 5.62. The van der Waals surface area contributed by atoms with Crippen LogP contribution in [0.1, 0.15) is 24.3 Å². The van der Waals surface area contributed by atoms with E-state index in [0.717, 1.165) is 11.3 Å². The predicted molar refractivity (Wildman–Crippen MR) is 93.0 cm³/mol. The molecule has 1 aromatic carbocycles. The first kappa shape index (κ1) is 16.8. The van der Waals surface area contributed by atoms with Gasteiger partial charge in [-0.2, -0.15) is 0 Å². The van der Waals surface area contributed by atoms with Crippen LogP contribution in [0.3, 0.4) is 0 Å². The smallest absolute Gasteiger partial charge is 0.241 e. The molecule has 3 rings (SSSR count). The van der Waals surface area contributed by atoms with Crippen LogP contribution in [0.25, 0.3) is 0 Å². The van der Waals surface area contributed by atoms with Gasteiger partial charge in [0.05, 0.1) is 14.2 Å². The maximum Gasteiger partial charge on any atom is 0.241 e. The SMILES string of the molecule is COc1ccnc(OC)c1NC(=O)CC1CC(=O)Nc2ccccc21. The Morgan fingerprint density at radius 3 is 2.84 bits per heavy atom.